The molecule has 11 heteroatoms. The molecular weight excluding hydrogens is 400 g/mol. The van der Waals surface area contributed by atoms with E-state index in [0.29, 0.717) is 18.2 Å². The summed E-state index contributed by atoms with van der Waals surface area (Å²) < 4.78 is 9.80. The summed E-state index contributed by atoms with van der Waals surface area (Å²) in [6.07, 6.45) is 1.04. The first-order chi connectivity index (χ1) is 13.6. The number of thiazole rings is 1. The third-order valence-electron chi connectivity index (χ3n) is 4.18. The molecule has 1 saturated heterocycles. The maximum atomic E-state index is 12.3. The van der Waals surface area contributed by atoms with E-state index in [0.717, 1.165) is 12.8 Å². The van der Waals surface area contributed by atoms with E-state index in [9.17, 15) is 19.5 Å². The molecule has 0 aromatic carbocycles. The molecule has 10 nitrogen and oxygen atoms in total. The molecule has 29 heavy (non-hydrogen) atoms. The van der Waals surface area contributed by atoms with Crippen LogP contribution in [0.25, 0.3) is 0 Å². The topological polar surface area (TPSA) is 130 Å². The van der Waals surface area contributed by atoms with Crippen LogP contribution < -0.4 is 15.5 Å². The molecule has 0 radical (unpaired) electrons. The minimum atomic E-state index is -1.13. The molecule has 3 N–H and O–H groups in total. The van der Waals surface area contributed by atoms with E-state index in [-0.39, 0.29) is 11.7 Å². The molecule has 162 valence electrons. The van der Waals surface area contributed by atoms with Gasteiger partial charge in [-0.3, -0.25) is 4.79 Å². The Labute approximate surface area is 173 Å². The molecule has 1 atom stereocenters. The predicted molar refractivity (Wildman–Crippen MR) is 107 cm³/mol. The number of piperidine rings is 1. The third kappa shape index (κ3) is 6.86. The fourth-order valence-corrected chi connectivity index (χ4v) is 3.62. The first-order valence-electron chi connectivity index (χ1n) is 9.32. The van der Waals surface area contributed by atoms with Gasteiger partial charge in [0.15, 0.2) is 11.2 Å². The number of alkyl carbamates (subject to hydrolysis) is 1. The van der Waals surface area contributed by atoms with Crippen molar-refractivity contribution in [2.75, 3.05) is 31.7 Å². The van der Waals surface area contributed by atoms with Crippen LogP contribution in [0.4, 0.5) is 9.93 Å². The van der Waals surface area contributed by atoms with Gasteiger partial charge in [-0.2, -0.15) is 0 Å². The van der Waals surface area contributed by atoms with Crippen molar-refractivity contribution in [2.45, 2.75) is 51.3 Å². The van der Waals surface area contributed by atoms with Crippen LogP contribution in [-0.2, 0) is 14.3 Å². The Morgan fingerprint density at radius 2 is 2.00 bits per heavy atom. The second-order valence-corrected chi connectivity index (χ2v) is 8.49. The zero-order valence-electron chi connectivity index (χ0n) is 17.1. The zero-order chi connectivity index (χ0) is 21.6. The van der Waals surface area contributed by atoms with Gasteiger partial charge in [-0.05, 0) is 33.6 Å². The van der Waals surface area contributed by atoms with E-state index >= 15 is 0 Å². The maximum absolute atomic E-state index is 12.3. The molecule has 0 aliphatic carbocycles. The number of nitrogens with zero attached hydrogens (tertiary/aromatic N) is 2. The number of hydrogen-bond donors (Lipinski definition) is 3. The largest absolute Gasteiger partial charge is 0.467 e. The van der Waals surface area contributed by atoms with Crippen LogP contribution in [0.5, 0.6) is 0 Å². The van der Waals surface area contributed by atoms with Gasteiger partial charge < -0.3 is 30.1 Å². The highest BCUT2D eigenvalue weighted by Gasteiger charge is 2.26. The van der Waals surface area contributed by atoms with Crippen molar-refractivity contribution in [3.63, 3.8) is 0 Å². The van der Waals surface area contributed by atoms with Crippen molar-refractivity contribution in [1.29, 1.82) is 0 Å². The number of aliphatic hydroxyl groups excluding tert-OH is 1. The van der Waals surface area contributed by atoms with Crippen LogP contribution in [0, 0.1) is 0 Å². The van der Waals surface area contributed by atoms with Crippen LogP contribution in [0.15, 0.2) is 5.38 Å². The summed E-state index contributed by atoms with van der Waals surface area (Å²) in [6, 6.07) is -1.11. The monoisotopic (exact) mass is 428 g/mol. The smallest absolute Gasteiger partial charge is 0.407 e. The summed E-state index contributed by atoms with van der Waals surface area (Å²) >= 11 is 1.32. The molecule has 1 aliphatic heterocycles. The van der Waals surface area contributed by atoms with Crippen LogP contribution in [0.1, 0.15) is 44.1 Å². The number of methoxy groups -OCH3 is 1. The Morgan fingerprint density at radius 3 is 2.55 bits per heavy atom. The second kappa shape index (κ2) is 9.88. The third-order valence-corrected chi connectivity index (χ3v) is 5.09. The minimum Gasteiger partial charge on any atom is -0.467 e. The number of carbonyl (C=O) groups is 3. The number of ether oxygens (including phenoxy) is 2. The van der Waals surface area contributed by atoms with Crippen LogP contribution in [0.3, 0.4) is 0 Å². The van der Waals surface area contributed by atoms with Gasteiger partial charge in [-0.15, -0.1) is 11.3 Å². The lowest BCUT2D eigenvalue weighted by molar-refractivity contribution is -0.143. The van der Waals surface area contributed by atoms with Crippen LogP contribution in [0.2, 0.25) is 0 Å². The Balaban J connectivity index is 1.86. The maximum Gasteiger partial charge on any atom is 0.407 e. The van der Waals surface area contributed by atoms with E-state index in [1.54, 1.807) is 5.38 Å². The lowest BCUT2D eigenvalue weighted by Gasteiger charge is -2.32. The molecule has 0 spiro atoms. The lowest BCUT2D eigenvalue weighted by Crippen LogP contribution is -2.46. The standard InChI is InChI=1S/C18H28N4O6S/c1-18(2,3)28-17(26)19-11-5-7-22(8-6-11)16-21-13(10-29-16)14(24)20-12(9-23)15(25)27-4/h10-12,23H,5-9H2,1-4H3,(H,19,26)(H,20,24)/t12-/m0/s1. The summed E-state index contributed by atoms with van der Waals surface area (Å²) in [5.41, 5.74) is -0.368. The average molecular weight is 429 g/mol. The molecule has 0 saturated carbocycles. The van der Waals surface area contributed by atoms with Crippen molar-refractivity contribution in [3.05, 3.63) is 11.1 Å². The summed E-state index contributed by atoms with van der Waals surface area (Å²) in [4.78, 5) is 42.0. The molecule has 1 aromatic heterocycles. The molecule has 0 bridgehead atoms. The molecular formula is C18H28N4O6S. The summed E-state index contributed by atoms with van der Waals surface area (Å²) in [5.74, 6) is -1.28. The first kappa shape index (κ1) is 22.9. The summed E-state index contributed by atoms with van der Waals surface area (Å²) in [6.45, 7) is 6.25. The van der Waals surface area contributed by atoms with Crippen molar-refractivity contribution in [2.24, 2.45) is 0 Å². The van der Waals surface area contributed by atoms with Gasteiger partial charge in [0, 0.05) is 24.5 Å². The quantitative estimate of drug-likeness (QED) is 0.570. The zero-order valence-corrected chi connectivity index (χ0v) is 17.9. The fourth-order valence-electron chi connectivity index (χ4n) is 2.76. The van der Waals surface area contributed by atoms with E-state index < -0.39 is 36.2 Å². The van der Waals surface area contributed by atoms with Gasteiger partial charge in [0.1, 0.15) is 11.3 Å². The fraction of sp³-hybridized carbons (Fsp3) is 0.667. The van der Waals surface area contributed by atoms with Crippen molar-refractivity contribution < 1.29 is 29.0 Å². The van der Waals surface area contributed by atoms with Gasteiger partial charge in [-0.25, -0.2) is 14.6 Å². The van der Waals surface area contributed by atoms with Gasteiger partial charge in [0.2, 0.25) is 0 Å². The molecule has 2 heterocycles. The molecule has 0 unspecified atom stereocenters. The van der Waals surface area contributed by atoms with Crippen molar-refractivity contribution in [3.8, 4) is 0 Å². The number of anilines is 1. The summed E-state index contributed by atoms with van der Waals surface area (Å²) in [7, 11) is 1.18. The van der Waals surface area contributed by atoms with E-state index in [2.05, 4.69) is 20.4 Å². The molecule has 2 amide bonds. The van der Waals surface area contributed by atoms with Crippen molar-refractivity contribution in [1.82, 2.24) is 15.6 Å². The van der Waals surface area contributed by atoms with Gasteiger partial charge in [0.05, 0.1) is 13.7 Å². The van der Waals surface area contributed by atoms with Gasteiger partial charge in [-0.1, -0.05) is 0 Å². The Bertz CT molecular complexity index is 724. The van der Waals surface area contributed by atoms with Crippen LogP contribution >= 0.6 is 11.3 Å². The summed E-state index contributed by atoms with van der Waals surface area (Å²) in [5, 5.41) is 16.8. The average Bonchev–Trinajstić information content (AvgIpc) is 3.14. The lowest BCUT2D eigenvalue weighted by atomic mass is 10.1. The van der Waals surface area contributed by atoms with E-state index in [4.69, 9.17) is 4.74 Å². The van der Waals surface area contributed by atoms with Crippen LogP contribution in [-0.4, -0.2) is 72.6 Å². The van der Waals surface area contributed by atoms with E-state index in [1.807, 2.05) is 25.7 Å². The number of nitrogens with one attached hydrogen (secondary N) is 2. The number of esters is 1. The van der Waals surface area contributed by atoms with E-state index in [1.165, 1.54) is 18.4 Å². The Hall–Kier alpha value is -2.40. The number of amides is 2. The van der Waals surface area contributed by atoms with Gasteiger partial charge >= 0.3 is 12.1 Å². The SMILES string of the molecule is COC(=O)[C@H](CO)NC(=O)c1csc(N2CCC(NC(=O)OC(C)(C)C)CC2)n1. The second-order valence-electron chi connectivity index (χ2n) is 7.65. The molecule has 2 rings (SSSR count). The highest BCUT2D eigenvalue weighted by molar-refractivity contribution is 7.13. The molecule has 1 aliphatic rings. The number of carbonyl (C=O) groups excluding carboxylic acids is 3. The van der Waals surface area contributed by atoms with Gasteiger partial charge in [0.25, 0.3) is 5.91 Å². The first-order valence-corrected chi connectivity index (χ1v) is 10.2. The highest BCUT2D eigenvalue weighted by Crippen LogP contribution is 2.24. The number of rotatable bonds is 6. The number of aliphatic hydroxyl groups is 1. The molecule has 1 aromatic rings. The van der Waals surface area contributed by atoms with Crippen molar-refractivity contribution >= 4 is 34.4 Å². The minimum absolute atomic E-state index is 0.0224. The Kier molecular flexibility index (Phi) is 7.80. The molecule has 1 fully saturated rings. The Morgan fingerprint density at radius 1 is 1.34 bits per heavy atom. The number of aromatic nitrogens is 1. The predicted octanol–water partition coefficient (Wildman–Crippen LogP) is 0.900. The number of hydrogen-bond acceptors (Lipinski definition) is 9. The highest BCUT2D eigenvalue weighted by atomic mass is 32.1. The normalized spacial score (nSPS) is 16.1.